The zero-order valence-electron chi connectivity index (χ0n) is 11.0. The van der Waals surface area contributed by atoms with E-state index < -0.39 is 5.97 Å². The lowest BCUT2D eigenvalue weighted by atomic mass is 10.0. The maximum absolute atomic E-state index is 11.3. The summed E-state index contributed by atoms with van der Waals surface area (Å²) in [7, 11) is 1.32. The number of rotatable bonds is 5. The van der Waals surface area contributed by atoms with Crippen LogP contribution in [-0.4, -0.2) is 24.0 Å². The second-order valence-electron chi connectivity index (χ2n) is 4.45. The number of hydrogen-bond acceptors (Lipinski definition) is 5. The van der Waals surface area contributed by atoms with E-state index in [4.69, 9.17) is 0 Å². The third-order valence-electron chi connectivity index (χ3n) is 2.30. The molecule has 1 unspecified atom stereocenters. The summed E-state index contributed by atoms with van der Waals surface area (Å²) in [6.45, 7) is 5.62. The quantitative estimate of drug-likeness (QED) is 0.832. The molecule has 1 heterocycles. The van der Waals surface area contributed by atoms with Gasteiger partial charge in [0.05, 0.1) is 13.2 Å². The number of methoxy groups -OCH3 is 1. The molecule has 1 aromatic rings. The van der Waals surface area contributed by atoms with Crippen LogP contribution < -0.4 is 5.32 Å². The van der Waals surface area contributed by atoms with E-state index in [-0.39, 0.29) is 17.6 Å². The number of aromatic nitrogens is 1. The molecule has 1 aromatic heterocycles. The van der Waals surface area contributed by atoms with Gasteiger partial charge in [0.15, 0.2) is 5.69 Å². The van der Waals surface area contributed by atoms with E-state index in [1.165, 1.54) is 25.4 Å². The molecule has 0 aliphatic carbocycles. The van der Waals surface area contributed by atoms with Crippen LogP contribution in [-0.2, 0) is 9.53 Å². The van der Waals surface area contributed by atoms with Crippen molar-refractivity contribution in [3.63, 3.8) is 0 Å². The van der Waals surface area contributed by atoms with Crippen LogP contribution in [0.2, 0.25) is 0 Å². The van der Waals surface area contributed by atoms with Crippen molar-refractivity contribution in [3.05, 3.63) is 16.1 Å². The van der Waals surface area contributed by atoms with Crippen LogP contribution in [0.15, 0.2) is 5.38 Å². The fraction of sp³-hybridized carbons (Fsp3) is 0.583. The maximum Gasteiger partial charge on any atom is 0.357 e. The number of carbonyl (C=O) groups excluding carboxylic acids is 2. The third kappa shape index (κ3) is 4.10. The van der Waals surface area contributed by atoms with Gasteiger partial charge in [-0.3, -0.25) is 4.79 Å². The minimum Gasteiger partial charge on any atom is -0.464 e. The Morgan fingerprint density at radius 2 is 2.17 bits per heavy atom. The lowest BCUT2D eigenvalue weighted by molar-refractivity contribution is -0.119. The fourth-order valence-electron chi connectivity index (χ4n) is 1.58. The van der Waals surface area contributed by atoms with Gasteiger partial charge in [-0.1, -0.05) is 13.8 Å². The number of esters is 1. The summed E-state index contributed by atoms with van der Waals surface area (Å²) in [6, 6.07) is -0.147. The summed E-state index contributed by atoms with van der Waals surface area (Å²) in [5, 5.41) is 5.24. The molecule has 6 heteroatoms. The third-order valence-corrected chi connectivity index (χ3v) is 3.26. The number of hydrogen-bond donors (Lipinski definition) is 1. The van der Waals surface area contributed by atoms with E-state index in [0.29, 0.717) is 5.92 Å². The topological polar surface area (TPSA) is 68.3 Å². The zero-order valence-corrected chi connectivity index (χ0v) is 11.8. The van der Waals surface area contributed by atoms with Crippen molar-refractivity contribution in [2.24, 2.45) is 5.92 Å². The lowest BCUT2D eigenvalue weighted by Crippen LogP contribution is -2.27. The minimum absolute atomic E-state index is 0.101. The molecule has 0 saturated carbocycles. The molecule has 1 atom stereocenters. The molecule has 0 aromatic carbocycles. The van der Waals surface area contributed by atoms with Gasteiger partial charge in [-0.25, -0.2) is 9.78 Å². The highest BCUT2D eigenvalue weighted by atomic mass is 32.1. The summed E-state index contributed by atoms with van der Waals surface area (Å²) in [6.07, 6.45) is 0.785. The van der Waals surface area contributed by atoms with Crippen LogP contribution >= 0.6 is 11.3 Å². The van der Waals surface area contributed by atoms with E-state index >= 15 is 0 Å². The molecule has 5 nitrogen and oxygen atoms in total. The molecule has 0 saturated heterocycles. The van der Waals surface area contributed by atoms with Gasteiger partial charge in [0, 0.05) is 12.3 Å². The van der Waals surface area contributed by atoms with Crippen LogP contribution in [0.3, 0.4) is 0 Å². The van der Waals surface area contributed by atoms with Crippen LogP contribution in [0.25, 0.3) is 0 Å². The van der Waals surface area contributed by atoms with E-state index in [2.05, 4.69) is 28.9 Å². The Labute approximate surface area is 111 Å². The van der Waals surface area contributed by atoms with Crippen molar-refractivity contribution in [1.29, 1.82) is 0 Å². The Morgan fingerprint density at radius 1 is 1.50 bits per heavy atom. The number of nitrogens with zero attached hydrogens (tertiary/aromatic N) is 1. The SMILES string of the molecule is COC(=O)c1csc(C(CC(C)C)NC(C)=O)n1. The first kappa shape index (κ1) is 14.6. The second kappa shape index (κ2) is 6.49. The Bertz CT molecular complexity index is 429. The fourth-order valence-corrected chi connectivity index (χ4v) is 2.44. The molecule has 18 heavy (non-hydrogen) atoms. The van der Waals surface area contributed by atoms with Gasteiger partial charge in [0.1, 0.15) is 5.01 Å². The van der Waals surface area contributed by atoms with Crippen molar-refractivity contribution in [2.75, 3.05) is 7.11 Å². The Balaban J connectivity index is 2.87. The summed E-state index contributed by atoms with van der Waals surface area (Å²) < 4.78 is 4.61. The predicted molar refractivity (Wildman–Crippen MR) is 69.5 cm³/mol. The summed E-state index contributed by atoms with van der Waals surface area (Å²) in [5.41, 5.74) is 0.289. The van der Waals surface area contributed by atoms with Gasteiger partial charge in [-0.05, 0) is 12.3 Å². The minimum atomic E-state index is -0.455. The van der Waals surface area contributed by atoms with Gasteiger partial charge >= 0.3 is 5.97 Å². The standard InChI is InChI=1S/C12H18N2O3S/c1-7(2)5-9(13-8(3)15)11-14-10(6-18-11)12(16)17-4/h6-7,9H,5H2,1-4H3,(H,13,15). The van der Waals surface area contributed by atoms with Crippen LogP contribution in [0.1, 0.15) is 48.7 Å². The van der Waals surface area contributed by atoms with E-state index in [9.17, 15) is 9.59 Å². The van der Waals surface area contributed by atoms with E-state index in [1.54, 1.807) is 5.38 Å². The molecule has 0 spiro atoms. The molecule has 0 aliphatic heterocycles. The average molecular weight is 270 g/mol. The van der Waals surface area contributed by atoms with Crippen molar-refractivity contribution >= 4 is 23.2 Å². The monoisotopic (exact) mass is 270 g/mol. The lowest BCUT2D eigenvalue weighted by Gasteiger charge is -2.17. The van der Waals surface area contributed by atoms with Crippen LogP contribution in [0.5, 0.6) is 0 Å². The normalized spacial score (nSPS) is 12.3. The van der Waals surface area contributed by atoms with Crippen LogP contribution in [0.4, 0.5) is 0 Å². The van der Waals surface area contributed by atoms with Crippen molar-refractivity contribution in [1.82, 2.24) is 10.3 Å². The van der Waals surface area contributed by atoms with E-state index in [0.717, 1.165) is 11.4 Å². The molecule has 0 fully saturated rings. The van der Waals surface area contributed by atoms with Gasteiger partial charge in [0.2, 0.25) is 5.91 Å². The maximum atomic E-state index is 11.3. The predicted octanol–water partition coefficient (Wildman–Crippen LogP) is 2.15. The molecular formula is C12H18N2O3S. The number of ether oxygens (including phenoxy) is 1. The summed E-state index contributed by atoms with van der Waals surface area (Å²) in [4.78, 5) is 26.7. The Kier molecular flexibility index (Phi) is 5.27. The molecule has 0 bridgehead atoms. The number of thiazole rings is 1. The molecule has 0 aliphatic rings. The highest BCUT2D eigenvalue weighted by molar-refractivity contribution is 7.09. The molecular weight excluding hydrogens is 252 g/mol. The van der Waals surface area contributed by atoms with Crippen LogP contribution in [0, 0.1) is 5.92 Å². The molecule has 1 rings (SSSR count). The number of nitrogens with one attached hydrogen (secondary N) is 1. The first-order chi connectivity index (χ1) is 8.43. The molecule has 1 amide bonds. The summed E-state index contributed by atoms with van der Waals surface area (Å²) in [5.74, 6) is -0.133. The van der Waals surface area contributed by atoms with Gasteiger partial charge < -0.3 is 10.1 Å². The Hall–Kier alpha value is -1.43. The average Bonchev–Trinajstić information content (AvgIpc) is 2.75. The molecule has 0 radical (unpaired) electrons. The molecule has 1 N–H and O–H groups in total. The van der Waals surface area contributed by atoms with Crippen molar-refractivity contribution in [2.45, 2.75) is 33.2 Å². The highest BCUT2D eigenvalue weighted by Crippen LogP contribution is 2.24. The molecule has 100 valence electrons. The number of amides is 1. The highest BCUT2D eigenvalue weighted by Gasteiger charge is 2.20. The van der Waals surface area contributed by atoms with Gasteiger partial charge in [0.25, 0.3) is 0 Å². The zero-order chi connectivity index (χ0) is 13.7. The Morgan fingerprint density at radius 3 is 2.67 bits per heavy atom. The first-order valence-corrected chi connectivity index (χ1v) is 6.62. The first-order valence-electron chi connectivity index (χ1n) is 5.74. The van der Waals surface area contributed by atoms with Gasteiger partial charge in [-0.15, -0.1) is 11.3 Å². The number of carbonyl (C=O) groups is 2. The largest absolute Gasteiger partial charge is 0.464 e. The second-order valence-corrected chi connectivity index (χ2v) is 5.33. The van der Waals surface area contributed by atoms with Gasteiger partial charge in [-0.2, -0.15) is 0 Å². The van der Waals surface area contributed by atoms with E-state index in [1.807, 2.05) is 0 Å². The smallest absolute Gasteiger partial charge is 0.357 e. The van der Waals surface area contributed by atoms with Crippen molar-refractivity contribution in [3.8, 4) is 0 Å². The summed E-state index contributed by atoms with van der Waals surface area (Å²) >= 11 is 1.36. The van der Waals surface area contributed by atoms with Crippen molar-refractivity contribution < 1.29 is 14.3 Å².